The number of nitrogens with zero attached hydrogens (tertiary/aromatic N) is 1. The molecule has 25 heavy (non-hydrogen) atoms. The van der Waals surface area contributed by atoms with Gasteiger partial charge in [-0.15, -0.1) is 0 Å². The summed E-state index contributed by atoms with van der Waals surface area (Å²) in [6.07, 6.45) is 3.65. The molecule has 2 heterocycles. The van der Waals surface area contributed by atoms with Crippen LogP contribution in [0.1, 0.15) is 15.9 Å². The number of hydrogen-bond donors (Lipinski definition) is 2. The molecule has 0 atom stereocenters. The van der Waals surface area contributed by atoms with E-state index in [4.69, 9.17) is 0 Å². The molecule has 0 bridgehead atoms. The first-order chi connectivity index (χ1) is 12.2. The van der Waals surface area contributed by atoms with Crippen molar-refractivity contribution in [1.82, 2.24) is 4.98 Å². The van der Waals surface area contributed by atoms with Crippen LogP contribution in [0.2, 0.25) is 0 Å². The highest BCUT2D eigenvalue weighted by molar-refractivity contribution is 6.05. The number of carbonyl (C=O) groups is 2. The van der Waals surface area contributed by atoms with Gasteiger partial charge in [0.05, 0.1) is 12.0 Å². The molecule has 5 nitrogen and oxygen atoms in total. The molecule has 2 aromatic carbocycles. The van der Waals surface area contributed by atoms with Gasteiger partial charge in [0.15, 0.2) is 0 Å². The van der Waals surface area contributed by atoms with Crippen molar-refractivity contribution in [2.45, 2.75) is 6.42 Å². The number of benzene rings is 2. The first-order valence-electron chi connectivity index (χ1n) is 7.94. The van der Waals surface area contributed by atoms with Gasteiger partial charge in [-0.05, 0) is 35.4 Å². The summed E-state index contributed by atoms with van der Waals surface area (Å²) in [5, 5.41) is 5.69. The highest BCUT2D eigenvalue weighted by atomic mass is 16.2. The molecule has 0 saturated carbocycles. The Hall–Kier alpha value is -3.47. The van der Waals surface area contributed by atoms with Gasteiger partial charge in [-0.1, -0.05) is 30.3 Å². The van der Waals surface area contributed by atoms with E-state index >= 15 is 0 Å². The Bertz CT molecular complexity index is 968. The quantitative estimate of drug-likeness (QED) is 0.772. The van der Waals surface area contributed by atoms with Gasteiger partial charge in [0.25, 0.3) is 5.91 Å². The Balaban J connectivity index is 1.61. The van der Waals surface area contributed by atoms with E-state index in [0.717, 1.165) is 28.1 Å². The maximum absolute atomic E-state index is 12.4. The number of nitrogens with one attached hydrogen (secondary N) is 2. The fourth-order valence-corrected chi connectivity index (χ4v) is 2.84. The molecule has 0 saturated heterocycles. The van der Waals surface area contributed by atoms with Crippen molar-refractivity contribution < 1.29 is 9.59 Å². The Morgan fingerprint density at radius 3 is 2.68 bits per heavy atom. The van der Waals surface area contributed by atoms with Crippen LogP contribution in [0.3, 0.4) is 0 Å². The predicted molar refractivity (Wildman–Crippen MR) is 96.4 cm³/mol. The zero-order chi connectivity index (χ0) is 17.2. The van der Waals surface area contributed by atoms with Gasteiger partial charge in [-0.25, -0.2) is 0 Å². The van der Waals surface area contributed by atoms with E-state index < -0.39 is 0 Å². The average Bonchev–Trinajstić information content (AvgIpc) is 3.02. The van der Waals surface area contributed by atoms with Crippen molar-refractivity contribution in [2.24, 2.45) is 0 Å². The Morgan fingerprint density at radius 2 is 1.84 bits per heavy atom. The number of amides is 2. The van der Waals surface area contributed by atoms with Crippen LogP contribution in [-0.2, 0) is 11.2 Å². The molecule has 1 aromatic heterocycles. The van der Waals surface area contributed by atoms with Gasteiger partial charge in [0.1, 0.15) is 0 Å². The summed E-state index contributed by atoms with van der Waals surface area (Å²) in [6, 6.07) is 16.9. The molecule has 0 aliphatic carbocycles. The van der Waals surface area contributed by atoms with Crippen molar-refractivity contribution in [1.29, 1.82) is 0 Å². The van der Waals surface area contributed by atoms with Crippen LogP contribution in [0.25, 0.3) is 11.1 Å². The molecule has 0 fully saturated rings. The number of para-hydroxylation sites is 1. The predicted octanol–water partition coefficient (Wildman–Crippen LogP) is 3.50. The SMILES string of the molecule is O=C1Cc2ccc(-c3cncc(C(=O)Nc4ccccc4)c3)cc2N1. The van der Waals surface area contributed by atoms with Crippen molar-refractivity contribution in [2.75, 3.05) is 10.6 Å². The van der Waals surface area contributed by atoms with Crippen molar-refractivity contribution >= 4 is 23.2 Å². The highest BCUT2D eigenvalue weighted by Crippen LogP contribution is 2.29. The van der Waals surface area contributed by atoms with Crippen LogP contribution in [0.4, 0.5) is 11.4 Å². The number of aromatic nitrogens is 1. The van der Waals surface area contributed by atoms with E-state index in [1.165, 1.54) is 6.20 Å². The lowest BCUT2D eigenvalue weighted by Crippen LogP contribution is -2.12. The van der Waals surface area contributed by atoms with Gasteiger partial charge in [0, 0.05) is 29.3 Å². The highest BCUT2D eigenvalue weighted by Gasteiger charge is 2.18. The van der Waals surface area contributed by atoms with Crippen LogP contribution in [0.5, 0.6) is 0 Å². The van der Waals surface area contributed by atoms with Crippen molar-refractivity contribution in [3.8, 4) is 11.1 Å². The monoisotopic (exact) mass is 329 g/mol. The van der Waals surface area contributed by atoms with E-state index in [-0.39, 0.29) is 11.8 Å². The van der Waals surface area contributed by atoms with Crippen LogP contribution in [0.15, 0.2) is 67.0 Å². The molecule has 5 heteroatoms. The summed E-state index contributed by atoms with van der Waals surface area (Å²) in [4.78, 5) is 28.1. The van der Waals surface area contributed by atoms with E-state index in [1.54, 1.807) is 12.3 Å². The third-order valence-corrected chi connectivity index (χ3v) is 4.10. The normalized spacial score (nSPS) is 12.4. The second kappa shape index (κ2) is 6.20. The summed E-state index contributed by atoms with van der Waals surface area (Å²) < 4.78 is 0. The fraction of sp³-hybridized carbons (Fsp3) is 0.0500. The zero-order valence-electron chi connectivity index (χ0n) is 13.3. The van der Waals surface area contributed by atoms with Crippen LogP contribution < -0.4 is 10.6 Å². The smallest absolute Gasteiger partial charge is 0.257 e. The van der Waals surface area contributed by atoms with Crippen molar-refractivity contribution in [3.05, 3.63) is 78.1 Å². The molecule has 1 aliphatic rings. The number of hydrogen-bond acceptors (Lipinski definition) is 3. The van der Waals surface area contributed by atoms with E-state index in [1.807, 2.05) is 48.5 Å². The molecule has 4 rings (SSSR count). The lowest BCUT2D eigenvalue weighted by Gasteiger charge is -2.08. The number of anilines is 2. The minimum atomic E-state index is -0.213. The first-order valence-corrected chi connectivity index (χ1v) is 7.94. The minimum absolute atomic E-state index is 0.00117. The largest absolute Gasteiger partial charge is 0.326 e. The lowest BCUT2D eigenvalue weighted by atomic mass is 10.0. The third-order valence-electron chi connectivity index (χ3n) is 4.10. The molecule has 0 radical (unpaired) electrons. The average molecular weight is 329 g/mol. The number of pyridine rings is 1. The molecule has 122 valence electrons. The molecule has 3 aromatic rings. The number of rotatable bonds is 3. The van der Waals surface area contributed by atoms with Crippen molar-refractivity contribution in [3.63, 3.8) is 0 Å². The lowest BCUT2D eigenvalue weighted by molar-refractivity contribution is -0.115. The van der Waals surface area contributed by atoms with Gasteiger partial charge >= 0.3 is 0 Å². The molecule has 1 aliphatic heterocycles. The minimum Gasteiger partial charge on any atom is -0.326 e. The first kappa shape index (κ1) is 15.1. The van der Waals surface area contributed by atoms with Crippen LogP contribution >= 0.6 is 0 Å². The van der Waals surface area contributed by atoms with Crippen LogP contribution in [0, 0.1) is 0 Å². The molecule has 0 spiro atoms. The number of carbonyl (C=O) groups excluding carboxylic acids is 2. The summed E-state index contributed by atoms with van der Waals surface area (Å²) in [5.74, 6) is -0.212. The Morgan fingerprint density at radius 1 is 1.00 bits per heavy atom. The van der Waals surface area contributed by atoms with Gasteiger partial charge < -0.3 is 10.6 Å². The maximum Gasteiger partial charge on any atom is 0.257 e. The van der Waals surface area contributed by atoms with E-state index in [9.17, 15) is 9.59 Å². The fourth-order valence-electron chi connectivity index (χ4n) is 2.84. The summed E-state index contributed by atoms with van der Waals surface area (Å²) in [6.45, 7) is 0. The molecule has 2 amide bonds. The topological polar surface area (TPSA) is 71.1 Å². The molecular weight excluding hydrogens is 314 g/mol. The standard InChI is InChI=1S/C20H15N3O2/c24-19-10-14-7-6-13(9-18(14)23-19)15-8-16(12-21-11-15)20(25)22-17-4-2-1-3-5-17/h1-9,11-12H,10H2,(H,22,25)(H,23,24). The molecule has 0 unspecified atom stereocenters. The second-order valence-electron chi connectivity index (χ2n) is 5.88. The van der Waals surface area contributed by atoms with E-state index in [2.05, 4.69) is 15.6 Å². The summed E-state index contributed by atoms with van der Waals surface area (Å²) in [5.41, 5.74) is 4.75. The Labute approximate surface area is 144 Å². The third kappa shape index (κ3) is 3.12. The van der Waals surface area contributed by atoms with Gasteiger partial charge in [0.2, 0.25) is 5.91 Å². The van der Waals surface area contributed by atoms with Gasteiger partial charge in [-0.3, -0.25) is 14.6 Å². The molecular formula is C20H15N3O2. The van der Waals surface area contributed by atoms with Gasteiger partial charge in [-0.2, -0.15) is 0 Å². The summed E-state index contributed by atoms with van der Waals surface area (Å²) in [7, 11) is 0. The number of fused-ring (bicyclic) bond motifs is 1. The van der Waals surface area contributed by atoms with E-state index in [0.29, 0.717) is 12.0 Å². The Kier molecular flexibility index (Phi) is 3.74. The second-order valence-corrected chi connectivity index (χ2v) is 5.88. The van der Waals surface area contributed by atoms with Crippen LogP contribution in [-0.4, -0.2) is 16.8 Å². The molecule has 2 N–H and O–H groups in total. The zero-order valence-corrected chi connectivity index (χ0v) is 13.3. The maximum atomic E-state index is 12.4. The summed E-state index contributed by atoms with van der Waals surface area (Å²) >= 11 is 0.